The molecule has 0 spiro atoms. The Balaban J connectivity index is 1.13. The summed E-state index contributed by atoms with van der Waals surface area (Å²) in [6.45, 7) is 3.53. The number of morpholine rings is 1. The van der Waals surface area contributed by atoms with E-state index in [1.807, 2.05) is 12.1 Å². The van der Waals surface area contributed by atoms with Crippen molar-refractivity contribution in [2.45, 2.75) is 32.0 Å². The van der Waals surface area contributed by atoms with Gasteiger partial charge in [0.15, 0.2) is 0 Å². The predicted molar refractivity (Wildman–Crippen MR) is 123 cm³/mol. The van der Waals surface area contributed by atoms with Gasteiger partial charge in [-0.05, 0) is 30.2 Å². The van der Waals surface area contributed by atoms with Crippen LogP contribution in [0.25, 0.3) is 0 Å². The Bertz CT molecular complexity index is 1130. The molecule has 2 fully saturated rings. The van der Waals surface area contributed by atoms with Crippen molar-refractivity contribution in [3.05, 3.63) is 39.7 Å². The van der Waals surface area contributed by atoms with Crippen molar-refractivity contribution in [2.75, 3.05) is 36.5 Å². The van der Waals surface area contributed by atoms with Gasteiger partial charge in [-0.3, -0.25) is 19.7 Å². The standard InChI is InChI=1S/C22H24N6O5S/c29-18-4-2-16(20(30)26-18)28-12-13-9-15(34-19(13)21(28)31)11-24-22(32)25-14-1-3-17(23-10-14)27-5-7-33-8-6-27/h1,3,9-10,16H,2,4-8,11-12H2,(H2,24,25,32)(H,26,29,30). The minimum atomic E-state index is -0.625. The van der Waals surface area contributed by atoms with E-state index in [1.54, 1.807) is 12.3 Å². The summed E-state index contributed by atoms with van der Waals surface area (Å²) in [7, 11) is 0. The Morgan fingerprint density at radius 2 is 2.06 bits per heavy atom. The number of imide groups is 1. The summed E-state index contributed by atoms with van der Waals surface area (Å²) in [4.78, 5) is 58.1. The van der Waals surface area contributed by atoms with Gasteiger partial charge in [-0.2, -0.15) is 0 Å². The van der Waals surface area contributed by atoms with Crippen molar-refractivity contribution >= 4 is 46.6 Å². The van der Waals surface area contributed by atoms with E-state index < -0.39 is 11.9 Å². The van der Waals surface area contributed by atoms with Gasteiger partial charge in [0.1, 0.15) is 11.9 Å². The van der Waals surface area contributed by atoms with Gasteiger partial charge < -0.3 is 25.2 Å². The Morgan fingerprint density at radius 1 is 1.24 bits per heavy atom. The second-order valence-electron chi connectivity index (χ2n) is 8.28. The highest BCUT2D eigenvalue weighted by Crippen LogP contribution is 2.33. The number of nitrogens with zero attached hydrogens (tertiary/aromatic N) is 3. The van der Waals surface area contributed by atoms with Crippen molar-refractivity contribution in [2.24, 2.45) is 0 Å². The van der Waals surface area contributed by atoms with E-state index in [-0.39, 0.29) is 30.8 Å². The van der Waals surface area contributed by atoms with E-state index in [0.29, 0.717) is 36.7 Å². The summed E-state index contributed by atoms with van der Waals surface area (Å²) in [6, 6.07) is 4.55. The quantitative estimate of drug-likeness (QED) is 0.541. The predicted octanol–water partition coefficient (Wildman–Crippen LogP) is 1.06. The molecule has 1 atom stereocenters. The van der Waals surface area contributed by atoms with E-state index in [9.17, 15) is 19.2 Å². The molecule has 3 aliphatic heterocycles. The fraction of sp³-hybridized carbons (Fsp3) is 0.409. The fourth-order valence-corrected chi connectivity index (χ4v) is 5.34. The fourth-order valence-electron chi connectivity index (χ4n) is 4.27. The Labute approximate surface area is 199 Å². The molecule has 2 saturated heterocycles. The zero-order valence-electron chi connectivity index (χ0n) is 18.3. The van der Waals surface area contributed by atoms with Crippen molar-refractivity contribution < 1.29 is 23.9 Å². The van der Waals surface area contributed by atoms with Gasteiger partial charge in [0, 0.05) is 30.9 Å². The molecule has 0 aromatic carbocycles. The third-order valence-corrected chi connectivity index (χ3v) is 7.17. The third-order valence-electron chi connectivity index (χ3n) is 6.01. The zero-order chi connectivity index (χ0) is 23.7. The second-order valence-corrected chi connectivity index (χ2v) is 9.42. The first-order valence-corrected chi connectivity index (χ1v) is 11.9. The molecule has 0 aliphatic carbocycles. The zero-order valence-corrected chi connectivity index (χ0v) is 19.2. The number of carbonyl (C=O) groups is 4. The number of hydrogen-bond donors (Lipinski definition) is 3. The Morgan fingerprint density at radius 3 is 2.76 bits per heavy atom. The number of hydrogen-bond acceptors (Lipinski definition) is 8. The number of rotatable bonds is 5. The topological polar surface area (TPSA) is 133 Å². The molecule has 2 aromatic rings. The Kier molecular flexibility index (Phi) is 6.16. The van der Waals surface area contributed by atoms with Gasteiger partial charge in [0.25, 0.3) is 5.91 Å². The maximum atomic E-state index is 12.8. The first-order chi connectivity index (χ1) is 16.5. The van der Waals surface area contributed by atoms with Crippen LogP contribution in [0.15, 0.2) is 24.4 Å². The number of aromatic nitrogens is 1. The second kappa shape index (κ2) is 9.39. The van der Waals surface area contributed by atoms with Gasteiger partial charge in [-0.25, -0.2) is 9.78 Å². The van der Waals surface area contributed by atoms with Crippen LogP contribution in [-0.4, -0.2) is 66.0 Å². The first-order valence-electron chi connectivity index (χ1n) is 11.1. The highest BCUT2D eigenvalue weighted by Gasteiger charge is 2.40. The summed E-state index contributed by atoms with van der Waals surface area (Å²) < 4.78 is 5.35. The molecule has 3 aliphatic rings. The van der Waals surface area contributed by atoms with Crippen LogP contribution < -0.4 is 20.9 Å². The van der Waals surface area contributed by atoms with Crippen LogP contribution in [0.4, 0.5) is 16.3 Å². The average Bonchev–Trinajstić information content (AvgIpc) is 3.37. The van der Waals surface area contributed by atoms with E-state index in [0.717, 1.165) is 29.3 Å². The van der Waals surface area contributed by atoms with Gasteiger partial charge in [-0.15, -0.1) is 11.3 Å². The molecule has 34 heavy (non-hydrogen) atoms. The SMILES string of the molecule is O=C1CCC(N2Cc3cc(CNC(=O)Nc4ccc(N5CCOCC5)nc4)sc3C2=O)C(=O)N1. The lowest BCUT2D eigenvalue weighted by Gasteiger charge is -2.29. The highest BCUT2D eigenvalue weighted by molar-refractivity contribution is 7.14. The number of ether oxygens (including phenoxy) is 1. The van der Waals surface area contributed by atoms with Crippen LogP contribution in [0.3, 0.4) is 0 Å². The van der Waals surface area contributed by atoms with Crippen molar-refractivity contribution in [3.8, 4) is 0 Å². The maximum absolute atomic E-state index is 12.8. The summed E-state index contributed by atoms with van der Waals surface area (Å²) in [6.07, 6.45) is 2.18. The number of nitrogens with one attached hydrogen (secondary N) is 3. The number of amides is 5. The minimum absolute atomic E-state index is 0.211. The van der Waals surface area contributed by atoms with Crippen LogP contribution in [0.2, 0.25) is 0 Å². The summed E-state index contributed by atoms with van der Waals surface area (Å²) in [5.41, 5.74) is 1.41. The normalized spacial score (nSPS) is 20.2. The number of carbonyl (C=O) groups excluding carboxylic acids is 4. The van der Waals surface area contributed by atoms with E-state index in [4.69, 9.17) is 4.74 Å². The molecule has 5 heterocycles. The molecule has 0 saturated carbocycles. The van der Waals surface area contributed by atoms with Gasteiger partial charge in [0.05, 0.1) is 36.5 Å². The molecule has 11 nitrogen and oxygen atoms in total. The molecule has 3 N–H and O–H groups in total. The lowest BCUT2D eigenvalue weighted by molar-refractivity contribution is -0.136. The molecule has 0 radical (unpaired) electrons. The first kappa shape index (κ1) is 22.3. The van der Waals surface area contributed by atoms with Gasteiger partial charge in [0.2, 0.25) is 11.8 Å². The molecular weight excluding hydrogens is 460 g/mol. The van der Waals surface area contributed by atoms with E-state index >= 15 is 0 Å². The maximum Gasteiger partial charge on any atom is 0.319 e. The molecule has 5 amide bonds. The van der Waals surface area contributed by atoms with Crippen LogP contribution in [-0.2, 0) is 27.4 Å². The van der Waals surface area contributed by atoms with Crippen molar-refractivity contribution in [1.82, 2.24) is 20.5 Å². The Hall–Kier alpha value is -3.51. The number of urea groups is 1. The number of thiophene rings is 1. The molecule has 5 rings (SSSR count). The smallest absolute Gasteiger partial charge is 0.319 e. The van der Waals surface area contributed by atoms with E-state index in [1.165, 1.54) is 16.2 Å². The van der Waals surface area contributed by atoms with Crippen LogP contribution in [0.1, 0.15) is 33.0 Å². The van der Waals surface area contributed by atoms with Crippen LogP contribution >= 0.6 is 11.3 Å². The molecule has 2 aromatic heterocycles. The number of pyridine rings is 1. The van der Waals surface area contributed by atoms with Gasteiger partial charge >= 0.3 is 6.03 Å². The van der Waals surface area contributed by atoms with Crippen LogP contribution in [0, 0.1) is 0 Å². The van der Waals surface area contributed by atoms with Crippen molar-refractivity contribution in [3.63, 3.8) is 0 Å². The van der Waals surface area contributed by atoms with Gasteiger partial charge in [-0.1, -0.05) is 0 Å². The van der Waals surface area contributed by atoms with E-state index in [2.05, 4.69) is 25.8 Å². The highest BCUT2D eigenvalue weighted by atomic mass is 32.1. The summed E-state index contributed by atoms with van der Waals surface area (Å²) in [5, 5.41) is 7.85. The average molecular weight is 485 g/mol. The van der Waals surface area contributed by atoms with Crippen LogP contribution in [0.5, 0.6) is 0 Å². The molecule has 12 heteroatoms. The largest absolute Gasteiger partial charge is 0.378 e. The molecule has 0 bridgehead atoms. The molecule has 1 unspecified atom stereocenters. The lowest BCUT2D eigenvalue weighted by Crippen LogP contribution is -2.52. The van der Waals surface area contributed by atoms with Crippen molar-refractivity contribution in [1.29, 1.82) is 0 Å². The number of fused-ring (bicyclic) bond motifs is 1. The molecular formula is C22H24N6O5S. The summed E-state index contributed by atoms with van der Waals surface area (Å²) >= 11 is 1.31. The number of anilines is 2. The minimum Gasteiger partial charge on any atom is -0.378 e. The lowest BCUT2D eigenvalue weighted by atomic mass is 10.0. The number of piperidine rings is 1. The molecule has 178 valence electrons. The summed E-state index contributed by atoms with van der Waals surface area (Å²) in [5.74, 6) is -0.0982. The monoisotopic (exact) mass is 484 g/mol. The third kappa shape index (κ3) is 4.59.